The van der Waals surface area contributed by atoms with Crippen LogP contribution in [0.2, 0.25) is 0 Å². The Kier molecular flexibility index (Phi) is 10.5. The number of ether oxygens (including phenoxy) is 1. The smallest absolute Gasteiger partial charge is 0.243 e. The van der Waals surface area contributed by atoms with E-state index < -0.39 is 10.0 Å². The van der Waals surface area contributed by atoms with Crippen molar-refractivity contribution >= 4 is 33.0 Å². The number of hydrogen-bond donors (Lipinski definition) is 3. The number of sulfonamides is 1. The molecule has 0 atom stereocenters. The standard InChI is InChI=1S/C24H36N4O4S/c1-5-9-16-25-20-15-14-19(33(30,31)28(6-2)7-3)17-22(20)26-18-24(29)27-21-12-10-11-13-23(21)32-8-4/h10-15,17,25-26H,5-9,16,18H2,1-4H3,(H,27,29). The van der Waals surface area contributed by atoms with E-state index in [-0.39, 0.29) is 17.3 Å². The van der Waals surface area contributed by atoms with Gasteiger partial charge in [0.05, 0.1) is 35.1 Å². The van der Waals surface area contributed by atoms with Crippen LogP contribution in [-0.2, 0) is 14.8 Å². The Morgan fingerprint density at radius 1 is 0.939 bits per heavy atom. The van der Waals surface area contributed by atoms with Crippen molar-refractivity contribution in [3.8, 4) is 5.75 Å². The Balaban J connectivity index is 2.22. The van der Waals surface area contributed by atoms with Crippen molar-refractivity contribution in [2.24, 2.45) is 0 Å². The molecule has 182 valence electrons. The predicted octanol–water partition coefficient (Wildman–Crippen LogP) is 4.38. The number of carbonyl (C=O) groups is 1. The van der Waals surface area contributed by atoms with Crippen LogP contribution in [0.25, 0.3) is 0 Å². The van der Waals surface area contributed by atoms with Gasteiger partial charge >= 0.3 is 0 Å². The van der Waals surface area contributed by atoms with E-state index in [0.29, 0.717) is 36.8 Å². The second kappa shape index (κ2) is 13.1. The lowest BCUT2D eigenvalue weighted by Gasteiger charge is -2.20. The van der Waals surface area contributed by atoms with Gasteiger partial charge in [0, 0.05) is 19.6 Å². The van der Waals surface area contributed by atoms with Crippen LogP contribution in [0.5, 0.6) is 5.75 Å². The van der Waals surface area contributed by atoms with Gasteiger partial charge in [0.25, 0.3) is 0 Å². The highest BCUT2D eigenvalue weighted by Gasteiger charge is 2.22. The molecule has 0 saturated heterocycles. The van der Waals surface area contributed by atoms with Gasteiger partial charge in [-0.3, -0.25) is 4.79 Å². The minimum absolute atomic E-state index is 0.0301. The third-order valence-electron chi connectivity index (χ3n) is 5.08. The number of nitrogens with zero attached hydrogens (tertiary/aromatic N) is 1. The van der Waals surface area contributed by atoms with E-state index >= 15 is 0 Å². The molecule has 0 saturated carbocycles. The van der Waals surface area contributed by atoms with Gasteiger partial charge in [-0.05, 0) is 43.7 Å². The summed E-state index contributed by atoms with van der Waals surface area (Å²) >= 11 is 0. The fourth-order valence-corrected chi connectivity index (χ4v) is 4.80. The van der Waals surface area contributed by atoms with E-state index in [1.165, 1.54) is 4.31 Å². The van der Waals surface area contributed by atoms with Crippen LogP contribution < -0.4 is 20.7 Å². The summed E-state index contributed by atoms with van der Waals surface area (Å²) < 4.78 is 32.9. The topological polar surface area (TPSA) is 99.8 Å². The summed E-state index contributed by atoms with van der Waals surface area (Å²) in [4.78, 5) is 12.8. The molecule has 0 aliphatic heterocycles. The van der Waals surface area contributed by atoms with Crippen LogP contribution in [0.3, 0.4) is 0 Å². The normalized spacial score (nSPS) is 11.3. The second-order valence-electron chi connectivity index (χ2n) is 7.41. The third-order valence-corrected chi connectivity index (χ3v) is 7.13. The van der Waals surface area contributed by atoms with Gasteiger partial charge in [-0.15, -0.1) is 0 Å². The number of benzene rings is 2. The molecule has 3 N–H and O–H groups in total. The van der Waals surface area contributed by atoms with Crippen molar-refractivity contribution in [3.05, 3.63) is 42.5 Å². The van der Waals surface area contributed by atoms with Gasteiger partial charge < -0.3 is 20.7 Å². The highest BCUT2D eigenvalue weighted by atomic mass is 32.2. The number of amides is 1. The van der Waals surface area contributed by atoms with Crippen LogP contribution in [0, 0.1) is 0 Å². The van der Waals surface area contributed by atoms with E-state index in [2.05, 4.69) is 22.9 Å². The molecule has 0 spiro atoms. The summed E-state index contributed by atoms with van der Waals surface area (Å²) in [5, 5.41) is 9.27. The number of hydrogen-bond acceptors (Lipinski definition) is 6. The van der Waals surface area contributed by atoms with Gasteiger partial charge in [0.15, 0.2) is 0 Å². The second-order valence-corrected chi connectivity index (χ2v) is 9.35. The van der Waals surface area contributed by atoms with Gasteiger partial charge in [0.1, 0.15) is 5.75 Å². The first-order valence-corrected chi connectivity index (χ1v) is 12.9. The number of unbranched alkanes of at least 4 members (excludes halogenated alkanes) is 1. The molecule has 0 bridgehead atoms. The van der Waals surface area contributed by atoms with Crippen LogP contribution in [0.1, 0.15) is 40.5 Å². The monoisotopic (exact) mass is 476 g/mol. The molecule has 2 rings (SSSR count). The maximum atomic E-state index is 13.0. The van der Waals surface area contributed by atoms with E-state index in [9.17, 15) is 13.2 Å². The molecule has 2 aromatic rings. The summed E-state index contributed by atoms with van der Waals surface area (Å²) in [6.45, 7) is 9.60. The molecule has 2 aromatic carbocycles. The number of rotatable bonds is 14. The molecule has 33 heavy (non-hydrogen) atoms. The molecule has 0 aliphatic rings. The lowest BCUT2D eigenvalue weighted by atomic mass is 10.2. The van der Waals surface area contributed by atoms with Crippen molar-refractivity contribution in [1.29, 1.82) is 0 Å². The predicted molar refractivity (Wildman–Crippen MR) is 135 cm³/mol. The van der Waals surface area contributed by atoms with Crippen LogP contribution in [-0.4, -0.2) is 51.4 Å². The van der Waals surface area contributed by atoms with Crippen LogP contribution >= 0.6 is 0 Å². The Morgan fingerprint density at radius 2 is 1.67 bits per heavy atom. The lowest BCUT2D eigenvalue weighted by molar-refractivity contribution is -0.114. The molecule has 0 fully saturated rings. The fourth-order valence-electron chi connectivity index (χ4n) is 3.32. The zero-order valence-electron chi connectivity index (χ0n) is 20.0. The molecule has 0 aromatic heterocycles. The SMILES string of the molecule is CCCCNc1ccc(S(=O)(=O)N(CC)CC)cc1NCC(=O)Nc1ccccc1OCC. The van der Waals surface area contributed by atoms with Crippen LogP contribution in [0.15, 0.2) is 47.4 Å². The van der Waals surface area contributed by atoms with E-state index in [0.717, 1.165) is 25.1 Å². The number of nitrogens with one attached hydrogen (secondary N) is 3. The average molecular weight is 477 g/mol. The molecule has 0 radical (unpaired) electrons. The Bertz CT molecular complexity index is 1010. The van der Waals surface area contributed by atoms with E-state index in [1.807, 2.05) is 32.9 Å². The van der Waals surface area contributed by atoms with Gasteiger partial charge in [-0.25, -0.2) is 8.42 Å². The highest BCUT2D eigenvalue weighted by Crippen LogP contribution is 2.28. The molecule has 0 unspecified atom stereocenters. The third kappa shape index (κ3) is 7.36. The summed E-state index contributed by atoms with van der Waals surface area (Å²) in [6.07, 6.45) is 2.01. The average Bonchev–Trinajstić information content (AvgIpc) is 2.80. The van der Waals surface area contributed by atoms with Crippen molar-refractivity contribution in [2.45, 2.75) is 45.4 Å². The van der Waals surface area contributed by atoms with Gasteiger partial charge in [-0.1, -0.05) is 39.3 Å². The van der Waals surface area contributed by atoms with Crippen LogP contribution in [0.4, 0.5) is 17.1 Å². The van der Waals surface area contributed by atoms with Crippen molar-refractivity contribution in [1.82, 2.24) is 4.31 Å². The molecule has 1 amide bonds. The van der Waals surface area contributed by atoms with Gasteiger partial charge in [0.2, 0.25) is 15.9 Å². The largest absolute Gasteiger partial charge is 0.492 e. The first-order valence-electron chi connectivity index (χ1n) is 11.5. The Hall–Kier alpha value is -2.78. The maximum Gasteiger partial charge on any atom is 0.243 e. The minimum Gasteiger partial charge on any atom is -0.492 e. The lowest BCUT2D eigenvalue weighted by Crippen LogP contribution is -2.30. The number of para-hydroxylation sites is 2. The summed E-state index contributed by atoms with van der Waals surface area (Å²) in [5.74, 6) is 0.334. The summed E-state index contributed by atoms with van der Waals surface area (Å²) in [7, 11) is -3.62. The van der Waals surface area contributed by atoms with E-state index in [1.54, 1.807) is 30.3 Å². The molecule has 8 nitrogen and oxygen atoms in total. The molecule has 9 heteroatoms. The zero-order chi connectivity index (χ0) is 24.3. The first-order chi connectivity index (χ1) is 15.9. The minimum atomic E-state index is -3.62. The Morgan fingerprint density at radius 3 is 2.33 bits per heavy atom. The van der Waals surface area contributed by atoms with Gasteiger partial charge in [-0.2, -0.15) is 4.31 Å². The van der Waals surface area contributed by atoms with E-state index in [4.69, 9.17) is 4.74 Å². The highest BCUT2D eigenvalue weighted by molar-refractivity contribution is 7.89. The molecule has 0 heterocycles. The first kappa shape index (κ1) is 26.5. The maximum absolute atomic E-state index is 13.0. The fraction of sp³-hybridized carbons (Fsp3) is 0.458. The number of carbonyl (C=O) groups excluding carboxylic acids is 1. The quantitative estimate of drug-likeness (QED) is 0.350. The zero-order valence-corrected chi connectivity index (χ0v) is 20.8. The van der Waals surface area contributed by atoms with Crippen molar-refractivity contribution in [3.63, 3.8) is 0 Å². The molecule has 0 aliphatic carbocycles. The molecular formula is C24H36N4O4S. The summed E-state index contributed by atoms with van der Waals surface area (Å²) in [6, 6.07) is 12.2. The molecular weight excluding hydrogens is 440 g/mol. The summed E-state index contributed by atoms with van der Waals surface area (Å²) in [5.41, 5.74) is 1.90. The number of anilines is 3. The van der Waals surface area contributed by atoms with Crippen molar-refractivity contribution < 1.29 is 17.9 Å². The Labute approximate surface area is 197 Å². The van der Waals surface area contributed by atoms with Crippen molar-refractivity contribution in [2.75, 3.05) is 48.7 Å².